The summed E-state index contributed by atoms with van der Waals surface area (Å²) in [7, 11) is 1.48. The SMILES string of the molecule is CC(C)c1nsc(N(C)C2CCS(=O)CC2)n1. The highest BCUT2D eigenvalue weighted by Crippen LogP contribution is 2.25. The van der Waals surface area contributed by atoms with Gasteiger partial charge in [0.05, 0.1) is 0 Å². The molecule has 0 bridgehead atoms. The van der Waals surface area contributed by atoms with Crippen LogP contribution in [0, 0.1) is 0 Å². The standard InChI is InChI=1S/C11H19N3OS2/c1-8(2)10-12-11(16-13-10)14(3)9-4-6-17(15)7-5-9/h8-9H,4-7H2,1-3H3. The number of aromatic nitrogens is 2. The van der Waals surface area contributed by atoms with E-state index in [1.54, 1.807) is 0 Å². The Morgan fingerprint density at radius 3 is 2.59 bits per heavy atom. The van der Waals surface area contributed by atoms with Gasteiger partial charge in [0.25, 0.3) is 0 Å². The topological polar surface area (TPSA) is 46.1 Å². The van der Waals surface area contributed by atoms with Crippen LogP contribution in [0.2, 0.25) is 0 Å². The van der Waals surface area contributed by atoms with Gasteiger partial charge in [0.1, 0.15) is 5.82 Å². The summed E-state index contributed by atoms with van der Waals surface area (Å²) in [5, 5.41) is 0.992. The third kappa shape index (κ3) is 3.04. The monoisotopic (exact) mass is 273 g/mol. The van der Waals surface area contributed by atoms with Crippen LogP contribution in [0.4, 0.5) is 5.13 Å². The van der Waals surface area contributed by atoms with Crippen molar-refractivity contribution < 1.29 is 4.21 Å². The first-order valence-corrected chi connectivity index (χ1v) is 8.25. The minimum Gasteiger partial charge on any atom is -0.347 e. The second kappa shape index (κ2) is 5.44. The maximum atomic E-state index is 11.3. The molecule has 1 aromatic rings. The molecule has 0 N–H and O–H groups in total. The van der Waals surface area contributed by atoms with Gasteiger partial charge >= 0.3 is 0 Å². The van der Waals surface area contributed by atoms with E-state index in [0.29, 0.717) is 12.0 Å². The molecule has 4 nitrogen and oxygen atoms in total. The zero-order valence-corrected chi connectivity index (χ0v) is 12.2. The first-order chi connectivity index (χ1) is 8.08. The summed E-state index contributed by atoms with van der Waals surface area (Å²) in [6.07, 6.45) is 2.00. The summed E-state index contributed by atoms with van der Waals surface area (Å²) in [4.78, 5) is 6.77. The molecule has 1 saturated heterocycles. The summed E-state index contributed by atoms with van der Waals surface area (Å²) < 4.78 is 15.7. The molecule has 0 radical (unpaired) electrons. The number of nitrogens with zero attached hydrogens (tertiary/aromatic N) is 3. The van der Waals surface area contributed by atoms with Gasteiger partial charge in [0, 0.05) is 52.8 Å². The number of hydrogen-bond donors (Lipinski definition) is 0. The quantitative estimate of drug-likeness (QED) is 0.845. The van der Waals surface area contributed by atoms with Crippen molar-refractivity contribution in [3.8, 4) is 0 Å². The Morgan fingerprint density at radius 1 is 1.41 bits per heavy atom. The van der Waals surface area contributed by atoms with Crippen molar-refractivity contribution in [2.75, 3.05) is 23.5 Å². The predicted octanol–water partition coefficient (Wildman–Crippen LogP) is 2.01. The Labute approximate surface area is 109 Å². The summed E-state index contributed by atoms with van der Waals surface area (Å²) in [5.74, 6) is 2.96. The van der Waals surface area contributed by atoms with Crippen LogP contribution in [-0.2, 0) is 10.8 Å². The Morgan fingerprint density at radius 2 is 2.06 bits per heavy atom. The van der Waals surface area contributed by atoms with Crippen molar-refractivity contribution in [3.63, 3.8) is 0 Å². The van der Waals surface area contributed by atoms with Gasteiger partial charge in [-0.25, -0.2) is 4.98 Å². The van der Waals surface area contributed by atoms with Gasteiger partial charge in [0.2, 0.25) is 5.13 Å². The summed E-state index contributed by atoms with van der Waals surface area (Å²) in [5.41, 5.74) is 0. The smallest absolute Gasteiger partial charge is 0.205 e. The zero-order chi connectivity index (χ0) is 12.4. The van der Waals surface area contributed by atoms with Crippen molar-refractivity contribution >= 4 is 27.5 Å². The highest BCUT2D eigenvalue weighted by atomic mass is 32.2. The van der Waals surface area contributed by atoms with E-state index in [4.69, 9.17) is 0 Å². The van der Waals surface area contributed by atoms with Crippen LogP contribution < -0.4 is 4.90 Å². The zero-order valence-electron chi connectivity index (χ0n) is 10.5. The normalized spacial score (nSPS) is 25.2. The number of anilines is 1. The molecular formula is C11H19N3OS2. The molecule has 6 heteroatoms. The Bertz CT molecular complexity index is 395. The molecular weight excluding hydrogens is 254 g/mol. The van der Waals surface area contributed by atoms with Gasteiger partial charge < -0.3 is 4.90 Å². The molecule has 0 spiro atoms. The molecule has 2 rings (SSSR count). The van der Waals surface area contributed by atoms with E-state index >= 15 is 0 Å². The van der Waals surface area contributed by atoms with E-state index in [2.05, 4.69) is 35.2 Å². The minimum atomic E-state index is -0.595. The second-order valence-electron chi connectivity index (χ2n) is 4.78. The van der Waals surface area contributed by atoms with E-state index in [1.807, 2.05) is 0 Å². The maximum absolute atomic E-state index is 11.3. The molecule has 0 atom stereocenters. The molecule has 0 aromatic carbocycles. The first-order valence-electron chi connectivity index (χ1n) is 5.99. The van der Waals surface area contributed by atoms with Crippen LogP contribution in [0.25, 0.3) is 0 Å². The maximum Gasteiger partial charge on any atom is 0.205 e. The highest BCUT2D eigenvalue weighted by Gasteiger charge is 2.24. The van der Waals surface area contributed by atoms with Gasteiger partial charge in [-0.05, 0) is 12.8 Å². The van der Waals surface area contributed by atoms with Gasteiger partial charge in [-0.1, -0.05) is 13.8 Å². The predicted molar refractivity (Wildman–Crippen MR) is 73.3 cm³/mol. The van der Waals surface area contributed by atoms with Crippen LogP contribution >= 0.6 is 11.5 Å². The number of hydrogen-bond acceptors (Lipinski definition) is 5. The van der Waals surface area contributed by atoms with Gasteiger partial charge in [-0.15, -0.1) is 0 Å². The minimum absolute atomic E-state index is 0.382. The van der Waals surface area contributed by atoms with E-state index in [0.717, 1.165) is 35.3 Å². The van der Waals surface area contributed by atoms with E-state index < -0.39 is 10.8 Å². The lowest BCUT2D eigenvalue weighted by Gasteiger charge is -2.30. The van der Waals surface area contributed by atoms with Crippen molar-refractivity contribution in [2.24, 2.45) is 0 Å². The van der Waals surface area contributed by atoms with Crippen LogP contribution in [0.1, 0.15) is 38.4 Å². The molecule has 1 aliphatic rings. The lowest BCUT2D eigenvalue weighted by molar-refractivity contribution is 0.568. The van der Waals surface area contributed by atoms with Gasteiger partial charge in [0.15, 0.2) is 0 Å². The lowest BCUT2D eigenvalue weighted by Crippen LogP contribution is -2.37. The third-order valence-electron chi connectivity index (χ3n) is 3.15. The molecule has 0 amide bonds. The fourth-order valence-electron chi connectivity index (χ4n) is 1.93. The first kappa shape index (κ1) is 13.0. The van der Waals surface area contributed by atoms with E-state index in [9.17, 15) is 4.21 Å². The Balaban J connectivity index is 2.03. The van der Waals surface area contributed by atoms with Crippen LogP contribution in [-0.4, -0.2) is 38.2 Å². The molecule has 96 valence electrons. The molecule has 2 heterocycles. The molecule has 1 aliphatic heterocycles. The molecule has 17 heavy (non-hydrogen) atoms. The van der Waals surface area contributed by atoms with E-state index in [-0.39, 0.29) is 0 Å². The summed E-state index contributed by atoms with van der Waals surface area (Å²) >= 11 is 1.47. The Hall–Kier alpha value is -0.490. The van der Waals surface area contributed by atoms with Gasteiger partial charge in [-0.3, -0.25) is 4.21 Å². The van der Waals surface area contributed by atoms with Gasteiger partial charge in [-0.2, -0.15) is 4.37 Å². The largest absolute Gasteiger partial charge is 0.347 e. The molecule has 0 saturated carbocycles. The highest BCUT2D eigenvalue weighted by molar-refractivity contribution is 7.85. The summed E-state index contributed by atoms with van der Waals surface area (Å²) in [6.45, 7) is 4.21. The van der Waals surface area contributed by atoms with Crippen molar-refractivity contribution in [3.05, 3.63) is 5.82 Å². The lowest BCUT2D eigenvalue weighted by atomic mass is 10.1. The van der Waals surface area contributed by atoms with Crippen LogP contribution in [0.5, 0.6) is 0 Å². The average Bonchev–Trinajstić information content (AvgIpc) is 2.78. The molecule has 1 aromatic heterocycles. The molecule has 1 fully saturated rings. The average molecular weight is 273 g/mol. The van der Waals surface area contributed by atoms with Crippen LogP contribution in [0.3, 0.4) is 0 Å². The Kier molecular flexibility index (Phi) is 4.14. The molecule has 0 aliphatic carbocycles. The fourth-order valence-corrected chi connectivity index (χ4v) is 4.04. The second-order valence-corrected chi connectivity index (χ2v) is 7.21. The van der Waals surface area contributed by atoms with E-state index in [1.165, 1.54) is 11.5 Å². The molecule has 0 unspecified atom stereocenters. The van der Waals surface area contributed by atoms with Crippen molar-refractivity contribution in [2.45, 2.75) is 38.6 Å². The summed E-state index contributed by atoms with van der Waals surface area (Å²) in [6, 6.07) is 0.473. The third-order valence-corrected chi connectivity index (χ3v) is 5.36. The fraction of sp³-hybridized carbons (Fsp3) is 0.818. The van der Waals surface area contributed by atoms with Crippen molar-refractivity contribution in [1.82, 2.24) is 9.36 Å². The van der Waals surface area contributed by atoms with Crippen LogP contribution in [0.15, 0.2) is 0 Å². The number of rotatable bonds is 3. The van der Waals surface area contributed by atoms with Crippen molar-refractivity contribution in [1.29, 1.82) is 0 Å².